The molecule has 0 aromatic heterocycles. The summed E-state index contributed by atoms with van der Waals surface area (Å²) in [6, 6.07) is 0. The van der Waals surface area contributed by atoms with Crippen LogP contribution in [0.1, 0.15) is 26.7 Å². The molecular formula is C13H18O2S. The third-order valence-corrected chi connectivity index (χ3v) is 3.74. The fourth-order valence-electron chi connectivity index (χ4n) is 1.48. The third kappa shape index (κ3) is 3.89. The Bertz CT molecular complexity index is 340. The molecule has 0 saturated heterocycles. The normalized spacial score (nSPS) is 22.8. The van der Waals surface area contributed by atoms with E-state index < -0.39 is 0 Å². The highest BCUT2D eigenvalue weighted by atomic mass is 32.2. The molecule has 0 radical (unpaired) electrons. The minimum absolute atomic E-state index is 0.139. The van der Waals surface area contributed by atoms with Crippen LogP contribution in [0.15, 0.2) is 34.1 Å². The molecule has 3 heteroatoms. The highest BCUT2D eigenvalue weighted by Gasteiger charge is 2.18. The van der Waals surface area contributed by atoms with Crippen molar-refractivity contribution in [3.05, 3.63) is 34.1 Å². The summed E-state index contributed by atoms with van der Waals surface area (Å²) in [7, 11) is 1.43. The van der Waals surface area contributed by atoms with Crippen LogP contribution in [0.25, 0.3) is 0 Å². The second-order valence-corrected chi connectivity index (χ2v) is 4.89. The van der Waals surface area contributed by atoms with Crippen molar-refractivity contribution in [2.45, 2.75) is 26.7 Å². The van der Waals surface area contributed by atoms with Gasteiger partial charge >= 0.3 is 5.97 Å². The summed E-state index contributed by atoms with van der Waals surface area (Å²) in [4.78, 5) is 13.6. The van der Waals surface area contributed by atoms with Gasteiger partial charge < -0.3 is 4.74 Å². The minimum Gasteiger partial charge on any atom is -0.469 e. The van der Waals surface area contributed by atoms with Gasteiger partial charge in [-0.25, -0.2) is 0 Å². The third-order valence-electron chi connectivity index (χ3n) is 2.39. The molecule has 0 aromatic rings. The molecule has 0 aromatic carbocycles. The van der Waals surface area contributed by atoms with E-state index in [1.165, 1.54) is 16.9 Å². The SMILES string of the molecule is C/C=C\C=C1\SC(CCC(=O)OC)=CC1C. The van der Waals surface area contributed by atoms with Crippen molar-refractivity contribution < 1.29 is 9.53 Å². The summed E-state index contributed by atoms with van der Waals surface area (Å²) >= 11 is 1.77. The molecule has 1 unspecified atom stereocenters. The van der Waals surface area contributed by atoms with Gasteiger partial charge in [0.05, 0.1) is 13.5 Å². The Morgan fingerprint density at radius 3 is 3.00 bits per heavy atom. The van der Waals surface area contributed by atoms with Gasteiger partial charge in [-0.1, -0.05) is 43.0 Å². The summed E-state index contributed by atoms with van der Waals surface area (Å²) < 4.78 is 4.63. The summed E-state index contributed by atoms with van der Waals surface area (Å²) in [6.45, 7) is 4.18. The van der Waals surface area contributed by atoms with E-state index in [-0.39, 0.29) is 5.97 Å². The van der Waals surface area contributed by atoms with E-state index in [0.29, 0.717) is 12.3 Å². The quantitative estimate of drug-likeness (QED) is 0.699. The number of rotatable bonds is 4. The van der Waals surface area contributed by atoms with E-state index in [4.69, 9.17) is 0 Å². The number of hydrogen-bond donors (Lipinski definition) is 0. The predicted octanol–water partition coefficient (Wildman–Crippen LogP) is 3.67. The van der Waals surface area contributed by atoms with E-state index >= 15 is 0 Å². The number of hydrogen-bond acceptors (Lipinski definition) is 3. The van der Waals surface area contributed by atoms with Gasteiger partial charge in [-0.05, 0) is 23.2 Å². The molecule has 0 amide bonds. The van der Waals surface area contributed by atoms with Crippen molar-refractivity contribution >= 4 is 17.7 Å². The van der Waals surface area contributed by atoms with E-state index in [9.17, 15) is 4.79 Å². The number of methoxy groups -OCH3 is 1. The molecule has 1 rings (SSSR count). The highest BCUT2D eigenvalue weighted by Crippen LogP contribution is 2.41. The van der Waals surface area contributed by atoms with Crippen LogP contribution >= 0.6 is 11.8 Å². The van der Waals surface area contributed by atoms with Gasteiger partial charge in [-0.15, -0.1) is 0 Å². The first-order chi connectivity index (χ1) is 7.67. The zero-order valence-corrected chi connectivity index (χ0v) is 10.8. The maximum absolute atomic E-state index is 11.0. The average Bonchev–Trinajstić information content (AvgIpc) is 2.64. The van der Waals surface area contributed by atoms with E-state index in [1.54, 1.807) is 11.8 Å². The fraction of sp³-hybridized carbons (Fsp3) is 0.462. The molecule has 0 N–H and O–H groups in total. The van der Waals surface area contributed by atoms with Crippen LogP contribution in [0.4, 0.5) is 0 Å². The van der Waals surface area contributed by atoms with Crippen LogP contribution in [0.2, 0.25) is 0 Å². The first kappa shape index (κ1) is 13.1. The number of thioether (sulfide) groups is 1. The molecule has 88 valence electrons. The first-order valence-corrected chi connectivity index (χ1v) is 6.27. The predicted molar refractivity (Wildman–Crippen MR) is 69.0 cm³/mol. The maximum atomic E-state index is 11.0. The molecule has 16 heavy (non-hydrogen) atoms. The Morgan fingerprint density at radius 1 is 1.62 bits per heavy atom. The summed E-state index contributed by atoms with van der Waals surface area (Å²) in [5.41, 5.74) is 0. The van der Waals surface area contributed by atoms with Crippen molar-refractivity contribution in [1.29, 1.82) is 0 Å². The molecule has 1 aliphatic rings. The fourth-order valence-corrected chi connectivity index (χ4v) is 2.66. The molecule has 0 spiro atoms. The van der Waals surface area contributed by atoms with Crippen LogP contribution in [0, 0.1) is 5.92 Å². The Balaban J connectivity index is 2.48. The number of allylic oxidation sites excluding steroid dienone is 6. The van der Waals surface area contributed by atoms with Crippen molar-refractivity contribution in [1.82, 2.24) is 0 Å². The molecule has 1 heterocycles. The molecule has 1 aliphatic heterocycles. The van der Waals surface area contributed by atoms with Gasteiger partial charge in [0.15, 0.2) is 0 Å². The Hall–Kier alpha value is -0.960. The van der Waals surface area contributed by atoms with E-state index in [0.717, 1.165) is 6.42 Å². The van der Waals surface area contributed by atoms with Gasteiger partial charge in [0.2, 0.25) is 0 Å². The topological polar surface area (TPSA) is 26.3 Å². The number of carbonyl (C=O) groups excluding carboxylic acids is 1. The minimum atomic E-state index is -0.139. The lowest BCUT2D eigenvalue weighted by Crippen LogP contribution is -1.99. The molecule has 0 fully saturated rings. The maximum Gasteiger partial charge on any atom is 0.305 e. The first-order valence-electron chi connectivity index (χ1n) is 5.45. The highest BCUT2D eigenvalue weighted by molar-refractivity contribution is 8.07. The Labute approximate surface area is 101 Å². The lowest BCUT2D eigenvalue weighted by atomic mass is 10.1. The molecule has 0 bridgehead atoms. The van der Waals surface area contributed by atoms with Crippen LogP contribution in [0.5, 0.6) is 0 Å². The van der Waals surface area contributed by atoms with Gasteiger partial charge in [-0.2, -0.15) is 0 Å². The van der Waals surface area contributed by atoms with Crippen LogP contribution in [-0.2, 0) is 9.53 Å². The molecule has 2 nitrogen and oxygen atoms in total. The van der Waals surface area contributed by atoms with Gasteiger partial charge in [0.25, 0.3) is 0 Å². The monoisotopic (exact) mass is 238 g/mol. The van der Waals surface area contributed by atoms with Crippen LogP contribution in [0.3, 0.4) is 0 Å². The van der Waals surface area contributed by atoms with Gasteiger partial charge in [0, 0.05) is 5.92 Å². The summed E-state index contributed by atoms with van der Waals surface area (Å²) in [5.74, 6) is 0.328. The molecular weight excluding hydrogens is 220 g/mol. The summed E-state index contributed by atoms with van der Waals surface area (Å²) in [6.07, 6.45) is 9.69. The zero-order valence-electron chi connectivity index (χ0n) is 10.0. The van der Waals surface area contributed by atoms with E-state index in [2.05, 4.69) is 29.9 Å². The molecule has 0 saturated carbocycles. The number of esters is 1. The van der Waals surface area contributed by atoms with Gasteiger partial charge in [0.1, 0.15) is 0 Å². The van der Waals surface area contributed by atoms with Gasteiger partial charge in [-0.3, -0.25) is 4.79 Å². The Kier molecular flexibility index (Phi) is 5.39. The van der Waals surface area contributed by atoms with Crippen LogP contribution in [-0.4, -0.2) is 13.1 Å². The lowest BCUT2D eigenvalue weighted by molar-refractivity contribution is -0.140. The summed E-state index contributed by atoms with van der Waals surface area (Å²) in [5, 5.41) is 0. The second kappa shape index (κ2) is 6.59. The standard InChI is InChI=1S/C13H18O2S/c1-4-5-6-12-10(2)9-11(16-12)7-8-13(14)15-3/h4-6,9-10H,7-8H2,1-3H3/b5-4-,12-6+. The smallest absolute Gasteiger partial charge is 0.305 e. The average molecular weight is 238 g/mol. The van der Waals surface area contributed by atoms with Crippen molar-refractivity contribution in [2.75, 3.05) is 7.11 Å². The zero-order chi connectivity index (χ0) is 12.0. The van der Waals surface area contributed by atoms with Crippen molar-refractivity contribution in [3.8, 4) is 0 Å². The number of carbonyl (C=O) groups is 1. The Morgan fingerprint density at radius 2 is 2.38 bits per heavy atom. The molecule has 0 aliphatic carbocycles. The van der Waals surface area contributed by atoms with Crippen LogP contribution < -0.4 is 0 Å². The largest absolute Gasteiger partial charge is 0.469 e. The second-order valence-electron chi connectivity index (χ2n) is 3.69. The van der Waals surface area contributed by atoms with Crippen molar-refractivity contribution in [2.24, 2.45) is 5.92 Å². The molecule has 1 atom stereocenters. The number of ether oxygens (including phenoxy) is 1. The lowest BCUT2D eigenvalue weighted by Gasteiger charge is -2.01. The van der Waals surface area contributed by atoms with E-state index in [1.807, 2.05) is 13.0 Å². The van der Waals surface area contributed by atoms with Crippen molar-refractivity contribution in [3.63, 3.8) is 0 Å².